The number of hydrogen-bond acceptors (Lipinski definition) is 6. The molecule has 1 aliphatic heterocycles. The smallest absolute Gasteiger partial charge is 0.408 e. The summed E-state index contributed by atoms with van der Waals surface area (Å²) >= 11 is 0. The minimum absolute atomic E-state index is 0.0377. The van der Waals surface area contributed by atoms with Crippen molar-refractivity contribution in [2.75, 3.05) is 13.1 Å². The quantitative estimate of drug-likeness (QED) is 0.469. The Kier molecular flexibility index (Phi) is 5.50. The van der Waals surface area contributed by atoms with Crippen molar-refractivity contribution in [2.45, 2.75) is 39.2 Å². The molecule has 33 heavy (non-hydrogen) atoms. The first-order chi connectivity index (χ1) is 16.0. The van der Waals surface area contributed by atoms with Gasteiger partial charge in [0.05, 0.1) is 5.52 Å². The molecule has 0 unspecified atom stereocenters. The molecule has 0 saturated carbocycles. The first-order valence-electron chi connectivity index (χ1n) is 11.1. The zero-order valence-corrected chi connectivity index (χ0v) is 18.7. The van der Waals surface area contributed by atoms with Gasteiger partial charge < -0.3 is 9.32 Å². The van der Waals surface area contributed by atoms with Gasteiger partial charge in [0, 0.05) is 61.3 Å². The maximum Gasteiger partial charge on any atom is 0.419 e. The van der Waals surface area contributed by atoms with Gasteiger partial charge in [-0.1, -0.05) is 6.07 Å². The van der Waals surface area contributed by atoms with Crippen LogP contribution in [0.5, 0.6) is 0 Å². The number of nitrogens with zero attached hydrogens (tertiary/aromatic N) is 5. The van der Waals surface area contributed by atoms with Crippen molar-refractivity contribution < 1.29 is 9.21 Å². The lowest BCUT2D eigenvalue weighted by molar-refractivity contribution is -0.130. The van der Waals surface area contributed by atoms with Crippen LogP contribution in [0.4, 0.5) is 0 Å². The fourth-order valence-electron chi connectivity index (χ4n) is 4.50. The van der Waals surface area contributed by atoms with Gasteiger partial charge in [0.15, 0.2) is 5.58 Å². The summed E-state index contributed by atoms with van der Waals surface area (Å²) in [6.45, 7) is 5.55. The molecule has 4 heterocycles. The predicted octanol–water partition coefficient (Wildman–Crippen LogP) is 3.47. The average Bonchev–Trinajstić information content (AvgIpc) is 3.42. The molecular weight excluding hydrogens is 418 g/mol. The molecule has 8 heteroatoms. The van der Waals surface area contributed by atoms with Crippen LogP contribution in [0.15, 0.2) is 58.3 Å². The molecule has 0 spiro atoms. The van der Waals surface area contributed by atoms with Crippen molar-refractivity contribution >= 4 is 17.0 Å². The van der Waals surface area contributed by atoms with Crippen molar-refractivity contribution in [2.24, 2.45) is 0 Å². The minimum Gasteiger partial charge on any atom is -0.408 e. The highest BCUT2D eigenvalue weighted by atomic mass is 16.4. The standard InChI is InChI=1S/C25H25N5O3/c1-16-3-4-23-22(9-16)30(25(32)33-23)8-6-24(31)29-7-5-18(14-29)21-11-19(10-17(2)28-21)20-12-26-15-27-13-20/h3-4,9-13,15,18H,5-8,14H2,1-2H3/t18-/m0/s1. The van der Waals surface area contributed by atoms with E-state index in [-0.39, 0.29) is 18.2 Å². The van der Waals surface area contributed by atoms with E-state index in [1.165, 1.54) is 6.33 Å². The van der Waals surface area contributed by atoms with Gasteiger partial charge in [-0.15, -0.1) is 0 Å². The van der Waals surface area contributed by atoms with Gasteiger partial charge in [-0.3, -0.25) is 14.3 Å². The number of hydrogen-bond donors (Lipinski definition) is 0. The maximum atomic E-state index is 12.9. The van der Waals surface area contributed by atoms with E-state index in [1.54, 1.807) is 23.0 Å². The molecule has 1 amide bonds. The van der Waals surface area contributed by atoms with E-state index in [9.17, 15) is 9.59 Å². The molecule has 0 N–H and O–H groups in total. The number of benzene rings is 1. The number of carbonyl (C=O) groups is 1. The summed E-state index contributed by atoms with van der Waals surface area (Å²) in [6, 6.07) is 9.70. The van der Waals surface area contributed by atoms with Gasteiger partial charge in [0.1, 0.15) is 6.33 Å². The number of carbonyl (C=O) groups excluding carboxylic acids is 1. The van der Waals surface area contributed by atoms with Gasteiger partial charge in [-0.05, 0) is 55.7 Å². The second-order valence-corrected chi connectivity index (χ2v) is 8.62. The number of rotatable bonds is 5. The van der Waals surface area contributed by atoms with Crippen LogP contribution >= 0.6 is 0 Å². The molecule has 4 aromatic rings. The third-order valence-corrected chi connectivity index (χ3v) is 6.20. The molecule has 0 radical (unpaired) electrons. The van der Waals surface area contributed by atoms with E-state index in [1.807, 2.05) is 36.9 Å². The van der Waals surface area contributed by atoms with Crippen molar-refractivity contribution in [1.82, 2.24) is 24.4 Å². The van der Waals surface area contributed by atoms with Crippen molar-refractivity contribution in [3.05, 3.63) is 76.6 Å². The lowest BCUT2D eigenvalue weighted by Gasteiger charge is -2.17. The van der Waals surface area contributed by atoms with Gasteiger partial charge in [0.25, 0.3) is 0 Å². The van der Waals surface area contributed by atoms with Gasteiger partial charge in [-0.25, -0.2) is 14.8 Å². The third-order valence-electron chi connectivity index (χ3n) is 6.20. The topological polar surface area (TPSA) is 94.1 Å². The van der Waals surface area contributed by atoms with E-state index >= 15 is 0 Å². The van der Waals surface area contributed by atoms with Crippen molar-refractivity contribution in [1.29, 1.82) is 0 Å². The molecule has 8 nitrogen and oxygen atoms in total. The lowest BCUT2D eigenvalue weighted by atomic mass is 10.00. The number of oxazole rings is 1. The highest BCUT2D eigenvalue weighted by Gasteiger charge is 2.28. The third kappa shape index (κ3) is 4.28. The summed E-state index contributed by atoms with van der Waals surface area (Å²) in [7, 11) is 0. The second-order valence-electron chi connectivity index (χ2n) is 8.62. The van der Waals surface area contributed by atoms with E-state index < -0.39 is 5.76 Å². The molecule has 3 aromatic heterocycles. The highest BCUT2D eigenvalue weighted by molar-refractivity contribution is 5.77. The molecule has 5 rings (SSSR count). The Bertz CT molecular complexity index is 1380. The van der Waals surface area contributed by atoms with Crippen molar-refractivity contribution in [3.8, 4) is 11.1 Å². The first kappa shape index (κ1) is 21.1. The van der Waals surface area contributed by atoms with Gasteiger partial charge in [0.2, 0.25) is 5.91 Å². The fraction of sp³-hybridized carbons (Fsp3) is 0.320. The number of likely N-dealkylation sites (tertiary alicyclic amines) is 1. The van der Waals surface area contributed by atoms with Crippen LogP contribution in [-0.4, -0.2) is 43.4 Å². The Morgan fingerprint density at radius 2 is 1.94 bits per heavy atom. The number of fused-ring (bicyclic) bond motifs is 1. The second kappa shape index (κ2) is 8.61. The van der Waals surface area contributed by atoms with E-state index in [4.69, 9.17) is 9.40 Å². The first-order valence-corrected chi connectivity index (χ1v) is 11.1. The molecule has 0 bridgehead atoms. The van der Waals surface area contributed by atoms with Crippen LogP contribution in [0.25, 0.3) is 22.2 Å². The Morgan fingerprint density at radius 3 is 2.76 bits per heavy atom. The summed E-state index contributed by atoms with van der Waals surface area (Å²) in [4.78, 5) is 40.0. The van der Waals surface area contributed by atoms with Crippen LogP contribution in [0.3, 0.4) is 0 Å². The SMILES string of the molecule is Cc1ccc2oc(=O)n(CCC(=O)N3CC[C@H](c4cc(-c5cncnc5)cc(C)n4)C3)c2c1. The Balaban J connectivity index is 1.28. The molecule has 0 aliphatic carbocycles. The largest absolute Gasteiger partial charge is 0.419 e. The molecular formula is C25H25N5O3. The summed E-state index contributed by atoms with van der Waals surface area (Å²) < 4.78 is 6.86. The summed E-state index contributed by atoms with van der Waals surface area (Å²) in [5.41, 5.74) is 6.21. The molecule has 1 saturated heterocycles. The monoisotopic (exact) mass is 443 g/mol. The minimum atomic E-state index is -0.427. The maximum absolute atomic E-state index is 12.9. The predicted molar refractivity (Wildman–Crippen MR) is 124 cm³/mol. The Labute approximate surface area is 190 Å². The van der Waals surface area contributed by atoms with Gasteiger partial charge >= 0.3 is 5.76 Å². The zero-order valence-electron chi connectivity index (χ0n) is 18.7. The highest BCUT2D eigenvalue weighted by Crippen LogP contribution is 2.30. The number of pyridine rings is 1. The van der Waals surface area contributed by atoms with Crippen LogP contribution in [0.2, 0.25) is 0 Å². The van der Waals surface area contributed by atoms with E-state index in [0.29, 0.717) is 25.2 Å². The fourth-order valence-corrected chi connectivity index (χ4v) is 4.50. The van der Waals surface area contributed by atoms with E-state index in [0.717, 1.165) is 40.0 Å². The number of aromatic nitrogens is 4. The van der Waals surface area contributed by atoms with Crippen LogP contribution < -0.4 is 5.76 Å². The summed E-state index contributed by atoms with van der Waals surface area (Å²) in [5.74, 6) is -0.211. The summed E-state index contributed by atoms with van der Waals surface area (Å²) in [6.07, 6.45) is 6.21. The van der Waals surface area contributed by atoms with Crippen LogP contribution in [0, 0.1) is 13.8 Å². The molecule has 168 valence electrons. The van der Waals surface area contributed by atoms with Crippen LogP contribution in [0.1, 0.15) is 35.7 Å². The number of aryl methyl sites for hydroxylation is 3. The summed E-state index contributed by atoms with van der Waals surface area (Å²) in [5, 5.41) is 0. The average molecular weight is 444 g/mol. The normalized spacial score (nSPS) is 15.9. The molecule has 1 atom stereocenters. The van der Waals surface area contributed by atoms with Gasteiger partial charge in [-0.2, -0.15) is 0 Å². The zero-order chi connectivity index (χ0) is 22.9. The Hall–Kier alpha value is -3.81. The van der Waals surface area contributed by atoms with Crippen molar-refractivity contribution in [3.63, 3.8) is 0 Å². The Morgan fingerprint density at radius 1 is 1.12 bits per heavy atom. The van der Waals surface area contributed by atoms with Crippen LogP contribution in [-0.2, 0) is 11.3 Å². The van der Waals surface area contributed by atoms with E-state index in [2.05, 4.69) is 16.0 Å². The molecule has 1 aromatic carbocycles. The molecule has 1 aliphatic rings. The molecule has 1 fully saturated rings. The lowest BCUT2D eigenvalue weighted by Crippen LogP contribution is -2.30. The number of amides is 1.